The number of oxime groups is 1. The van der Waals surface area contributed by atoms with Crippen LogP contribution in [-0.4, -0.2) is 34.5 Å². The molecule has 5 nitrogen and oxygen atoms in total. The van der Waals surface area contributed by atoms with Crippen LogP contribution in [0.1, 0.15) is 31.9 Å². The van der Waals surface area contributed by atoms with Crippen molar-refractivity contribution >= 4 is 11.7 Å². The van der Waals surface area contributed by atoms with Gasteiger partial charge in [-0.25, -0.2) is 9.97 Å². The summed E-state index contributed by atoms with van der Waals surface area (Å²) in [5.41, 5.74) is 1.37. The molecule has 0 saturated heterocycles. The van der Waals surface area contributed by atoms with E-state index in [0.717, 1.165) is 18.6 Å². The van der Waals surface area contributed by atoms with E-state index in [1.807, 2.05) is 6.92 Å². The van der Waals surface area contributed by atoms with Crippen molar-refractivity contribution in [2.75, 3.05) is 11.9 Å². The van der Waals surface area contributed by atoms with E-state index in [2.05, 4.69) is 20.4 Å². The summed E-state index contributed by atoms with van der Waals surface area (Å²) in [5, 5.41) is 6.90. The monoisotopic (exact) mass is 302 g/mol. The smallest absolute Gasteiger partial charge is 0.389 e. The highest BCUT2D eigenvalue weighted by molar-refractivity contribution is 5.85. The summed E-state index contributed by atoms with van der Waals surface area (Å²) in [5.74, 6) is 0.309. The van der Waals surface area contributed by atoms with Crippen LogP contribution in [0.3, 0.4) is 0 Å². The number of nitrogens with zero attached hydrogens (tertiary/aromatic N) is 3. The number of rotatable bonds is 6. The first kappa shape index (κ1) is 15.5. The van der Waals surface area contributed by atoms with Gasteiger partial charge >= 0.3 is 6.18 Å². The third-order valence-corrected chi connectivity index (χ3v) is 3.07. The molecule has 0 fully saturated rings. The third-order valence-electron chi connectivity index (χ3n) is 3.07. The van der Waals surface area contributed by atoms with Gasteiger partial charge in [0.1, 0.15) is 6.10 Å². The summed E-state index contributed by atoms with van der Waals surface area (Å²) < 4.78 is 36.5. The molecule has 1 aliphatic rings. The molecule has 2 rings (SSSR count). The number of alkyl halides is 3. The Balaban J connectivity index is 1.81. The van der Waals surface area contributed by atoms with Crippen molar-refractivity contribution in [2.45, 2.75) is 44.9 Å². The largest absolute Gasteiger partial charge is 0.390 e. The van der Waals surface area contributed by atoms with E-state index in [1.165, 1.54) is 12.3 Å². The first-order valence-electron chi connectivity index (χ1n) is 6.80. The maximum atomic E-state index is 12.2. The van der Waals surface area contributed by atoms with Gasteiger partial charge in [0.25, 0.3) is 0 Å². The molecule has 0 aliphatic carbocycles. The zero-order valence-corrected chi connectivity index (χ0v) is 11.7. The van der Waals surface area contributed by atoms with Crippen molar-refractivity contribution in [3.05, 3.63) is 18.0 Å². The summed E-state index contributed by atoms with van der Waals surface area (Å²) in [6.07, 6.45) is -2.25. The molecule has 0 bridgehead atoms. The van der Waals surface area contributed by atoms with Crippen LogP contribution in [0, 0.1) is 0 Å². The fraction of sp³-hybridized carbons (Fsp3) is 0.615. The SMILES string of the molecule is CCC1=NO[C@@H](CNc2nccc(CCC(F)(F)F)n2)C1. The normalized spacial score (nSPS) is 18.3. The predicted molar refractivity (Wildman–Crippen MR) is 72.1 cm³/mol. The Kier molecular flexibility index (Phi) is 4.98. The first-order chi connectivity index (χ1) is 9.96. The second kappa shape index (κ2) is 6.73. The van der Waals surface area contributed by atoms with Crippen LogP contribution in [0.25, 0.3) is 0 Å². The number of hydrogen-bond donors (Lipinski definition) is 1. The lowest BCUT2D eigenvalue weighted by molar-refractivity contribution is -0.134. The van der Waals surface area contributed by atoms with Crippen molar-refractivity contribution in [3.8, 4) is 0 Å². The fourth-order valence-corrected chi connectivity index (χ4v) is 1.90. The van der Waals surface area contributed by atoms with Gasteiger partial charge in [0.2, 0.25) is 5.95 Å². The van der Waals surface area contributed by atoms with Gasteiger partial charge in [0.15, 0.2) is 0 Å². The van der Waals surface area contributed by atoms with Gasteiger partial charge in [-0.05, 0) is 18.9 Å². The predicted octanol–water partition coefficient (Wildman–Crippen LogP) is 2.94. The minimum atomic E-state index is -4.18. The number of anilines is 1. The average Bonchev–Trinajstić information content (AvgIpc) is 2.91. The zero-order valence-electron chi connectivity index (χ0n) is 11.7. The van der Waals surface area contributed by atoms with Crippen molar-refractivity contribution in [3.63, 3.8) is 0 Å². The minimum Gasteiger partial charge on any atom is -0.390 e. The fourth-order valence-electron chi connectivity index (χ4n) is 1.90. The summed E-state index contributed by atoms with van der Waals surface area (Å²) in [4.78, 5) is 13.3. The number of aromatic nitrogens is 2. The minimum absolute atomic E-state index is 0.0811. The molecular formula is C13H17F3N4O. The molecule has 21 heavy (non-hydrogen) atoms. The molecule has 116 valence electrons. The zero-order chi connectivity index (χ0) is 15.3. The van der Waals surface area contributed by atoms with Crippen molar-refractivity contribution < 1.29 is 18.0 Å². The average molecular weight is 302 g/mol. The topological polar surface area (TPSA) is 59.4 Å². The second-order valence-corrected chi connectivity index (χ2v) is 4.81. The lowest BCUT2D eigenvalue weighted by Crippen LogP contribution is -2.21. The maximum Gasteiger partial charge on any atom is 0.389 e. The van der Waals surface area contributed by atoms with E-state index in [9.17, 15) is 13.2 Å². The highest BCUT2D eigenvalue weighted by atomic mass is 19.4. The van der Waals surface area contributed by atoms with E-state index in [1.54, 1.807) is 0 Å². The summed E-state index contributed by atoms with van der Waals surface area (Å²) in [7, 11) is 0. The van der Waals surface area contributed by atoms with E-state index < -0.39 is 12.6 Å². The van der Waals surface area contributed by atoms with Crippen LogP contribution >= 0.6 is 0 Å². The molecule has 0 aromatic carbocycles. The van der Waals surface area contributed by atoms with Crippen molar-refractivity contribution in [2.24, 2.45) is 5.16 Å². The van der Waals surface area contributed by atoms with Gasteiger partial charge < -0.3 is 10.2 Å². The van der Waals surface area contributed by atoms with E-state index in [4.69, 9.17) is 4.84 Å². The van der Waals surface area contributed by atoms with Gasteiger partial charge in [-0.3, -0.25) is 0 Å². The van der Waals surface area contributed by atoms with E-state index in [0.29, 0.717) is 18.2 Å². The number of aryl methyl sites for hydroxylation is 1. The lowest BCUT2D eigenvalue weighted by Gasteiger charge is -2.10. The molecule has 0 saturated carbocycles. The number of hydrogen-bond acceptors (Lipinski definition) is 5. The van der Waals surface area contributed by atoms with Crippen LogP contribution < -0.4 is 5.32 Å². The Morgan fingerprint density at radius 3 is 2.90 bits per heavy atom. The van der Waals surface area contributed by atoms with Gasteiger partial charge in [0.05, 0.1) is 12.3 Å². The molecule has 1 aliphatic heterocycles. The molecule has 1 aromatic rings. The molecule has 1 atom stereocenters. The Morgan fingerprint density at radius 1 is 1.43 bits per heavy atom. The molecule has 8 heteroatoms. The molecule has 0 spiro atoms. The molecule has 0 radical (unpaired) electrons. The molecule has 0 amide bonds. The molecule has 1 aromatic heterocycles. The van der Waals surface area contributed by atoms with E-state index in [-0.39, 0.29) is 12.5 Å². The van der Waals surface area contributed by atoms with Crippen LogP contribution in [0.4, 0.5) is 19.1 Å². The van der Waals surface area contributed by atoms with Crippen LogP contribution in [0.2, 0.25) is 0 Å². The highest BCUT2D eigenvalue weighted by Gasteiger charge is 2.26. The second-order valence-electron chi connectivity index (χ2n) is 4.81. The number of nitrogens with one attached hydrogen (secondary N) is 1. The quantitative estimate of drug-likeness (QED) is 0.877. The van der Waals surface area contributed by atoms with Crippen molar-refractivity contribution in [1.82, 2.24) is 9.97 Å². The molecular weight excluding hydrogens is 285 g/mol. The molecule has 0 unspecified atom stereocenters. The number of halogens is 3. The summed E-state index contributed by atoms with van der Waals surface area (Å²) >= 11 is 0. The maximum absolute atomic E-state index is 12.2. The molecule has 2 heterocycles. The molecule has 1 N–H and O–H groups in total. The summed E-state index contributed by atoms with van der Waals surface area (Å²) in [6.45, 7) is 2.47. The van der Waals surface area contributed by atoms with Gasteiger partial charge in [0, 0.05) is 24.7 Å². The van der Waals surface area contributed by atoms with Crippen LogP contribution in [-0.2, 0) is 11.3 Å². The van der Waals surface area contributed by atoms with Crippen molar-refractivity contribution in [1.29, 1.82) is 0 Å². The third kappa shape index (κ3) is 5.20. The van der Waals surface area contributed by atoms with Gasteiger partial charge in [-0.1, -0.05) is 12.1 Å². The standard InChI is InChI=1S/C13H17F3N4O/c1-2-9-7-11(21-20-9)8-18-12-17-6-4-10(19-12)3-5-13(14,15)16/h4,6,11H,2-3,5,7-8H2,1H3,(H,17,18,19)/t11-/m1/s1. The van der Waals surface area contributed by atoms with Gasteiger partial charge in [-0.2, -0.15) is 13.2 Å². The Morgan fingerprint density at radius 2 is 2.24 bits per heavy atom. The summed E-state index contributed by atoms with van der Waals surface area (Å²) in [6, 6.07) is 1.49. The Labute approximate surface area is 120 Å². The lowest BCUT2D eigenvalue weighted by atomic mass is 10.1. The highest BCUT2D eigenvalue weighted by Crippen LogP contribution is 2.21. The Hall–Kier alpha value is -1.86. The van der Waals surface area contributed by atoms with Crippen LogP contribution in [0.15, 0.2) is 17.4 Å². The van der Waals surface area contributed by atoms with Crippen LogP contribution in [0.5, 0.6) is 0 Å². The van der Waals surface area contributed by atoms with Gasteiger partial charge in [-0.15, -0.1) is 0 Å². The Bertz CT molecular complexity index is 504. The first-order valence-corrected chi connectivity index (χ1v) is 6.80. The van der Waals surface area contributed by atoms with E-state index >= 15 is 0 Å².